The van der Waals surface area contributed by atoms with Crippen LogP contribution in [0.15, 0.2) is 5.38 Å². The van der Waals surface area contributed by atoms with Crippen molar-refractivity contribution in [3.8, 4) is 0 Å². The van der Waals surface area contributed by atoms with Gasteiger partial charge in [0, 0.05) is 25.9 Å². The van der Waals surface area contributed by atoms with Crippen molar-refractivity contribution < 1.29 is 4.79 Å². The molecule has 0 aliphatic heterocycles. The maximum atomic E-state index is 11.2. The predicted molar refractivity (Wildman–Crippen MR) is 67.3 cm³/mol. The quantitative estimate of drug-likeness (QED) is 0.756. The summed E-state index contributed by atoms with van der Waals surface area (Å²) in [7, 11) is 2.07. The van der Waals surface area contributed by atoms with E-state index in [4.69, 9.17) is 0 Å². The van der Waals surface area contributed by atoms with Crippen molar-refractivity contribution in [1.29, 1.82) is 0 Å². The van der Waals surface area contributed by atoms with Gasteiger partial charge in [-0.3, -0.25) is 4.79 Å². The van der Waals surface area contributed by atoms with E-state index in [0.29, 0.717) is 5.69 Å². The largest absolute Gasteiger partial charge is 0.351 e. The number of Topliss-reactive ketones (excluding diaryl/α,β-unsaturated/α-hetero) is 1. The molecule has 0 radical (unpaired) electrons. The smallest absolute Gasteiger partial charge is 0.185 e. The third-order valence-electron chi connectivity index (χ3n) is 3.19. The molecule has 0 atom stereocenters. The molecule has 1 saturated carbocycles. The van der Waals surface area contributed by atoms with Gasteiger partial charge < -0.3 is 4.90 Å². The number of ketones is 1. The van der Waals surface area contributed by atoms with E-state index in [0.717, 1.165) is 17.6 Å². The molecular weight excluding hydrogens is 220 g/mol. The lowest BCUT2D eigenvalue weighted by atomic mass is 10.1. The van der Waals surface area contributed by atoms with Crippen molar-refractivity contribution in [3.05, 3.63) is 11.1 Å². The number of carbonyl (C=O) groups excluding carboxylic acids is 1. The molecule has 1 fully saturated rings. The van der Waals surface area contributed by atoms with Crippen LogP contribution < -0.4 is 4.90 Å². The number of aromatic nitrogens is 1. The van der Waals surface area contributed by atoms with E-state index < -0.39 is 0 Å². The van der Waals surface area contributed by atoms with Crippen molar-refractivity contribution in [2.75, 3.05) is 18.5 Å². The van der Waals surface area contributed by atoms with Crippen LogP contribution in [0.4, 0.5) is 5.13 Å². The molecule has 1 aromatic rings. The first-order chi connectivity index (χ1) is 7.66. The van der Waals surface area contributed by atoms with Crippen LogP contribution in [0.25, 0.3) is 0 Å². The van der Waals surface area contributed by atoms with E-state index in [1.54, 1.807) is 18.3 Å². The molecule has 0 unspecified atom stereocenters. The summed E-state index contributed by atoms with van der Waals surface area (Å²) in [5, 5.41) is 2.82. The molecule has 3 nitrogen and oxygen atoms in total. The highest BCUT2D eigenvalue weighted by Crippen LogP contribution is 2.28. The summed E-state index contributed by atoms with van der Waals surface area (Å²) in [6, 6.07) is 0. The summed E-state index contributed by atoms with van der Waals surface area (Å²) >= 11 is 1.56. The first-order valence-corrected chi connectivity index (χ1v) is 6.72. The molecule has 1 aliphatic carbocycles. The van der Waals surface area contributed by atoms with Crippen LogP contribution in [0, 0.1) is 5.92 Å². The lowest BCUT2D eigenvalue weighted by Crippen LogP contribution is -2.23. The molecule has 1 aliphatic rings. The lowest BCUT2D eigenvalue weighted by Gasteiger charge is -2.19. The van der Waals surface area contributed by atoms with Gasteiger partial charge in [-0.2, -0.15) is 0 Å². The van der Waals surface area contributed by atoms with Gasteiger partial charge in [-0.05, 0) is 18.8 Å². The van der Waals surface area contributed by atoms with Crippen molar-refractivity contribution in [3.63, 3.8) is 0 Å². The molecule has 4 heteroatoms. The molecular formula is C12H18N2OS. The van der Waals surface area contributed by atoms with E-state index in [1.807, 2.05) is 5.38 Å². The van der Waals surface area contributed by atoms with Crippen molar-refractivity contribution in [2.45, 2.75) is 32.6 Å². The maximum Gasteiger partial charge on any atom is 0.185 e. The number of anilines is 1. The molecule has 0 bridgehead atoms. The second-order valence-corrected chi connectivity index (χ2v) is 5.44. The minimum atomic E-state index is 0.0526. The van der Waals surface area contributed by atoms with Crippen LogP contribution in [0.1, 0.15) is 43.1 Å². The number of carbonyl (C=O) groups is 1. The summed E-state index contributed by atoms with van der Waals surface area (Å²) < 4.78 is 0. The fourth-order valence-corrected chi connectivity index (χ4v) is 3.10. The molecule has 16 heavy (non-hydrogen) atoms. The Balaban J connectivity index is 1.96. The highest BCUT2D eigenvalue weighted by Gasteiger charge is 2.18. The van der Waals surface area contributed by atoms with Crippen LogP contribution in [0.5, 0.6) is 0 Å². The zero-order valence-electron chi connectivity index (χ0n) is 9.90. The van der Waals surface area contributed by atoms with Gasteiger partial charge in [0.1, 0.15) is 5.69 Å². The van der Waals surface area contributed by atoms with E-state index in [1.165, 1.54) is 25.7 Å². The number of thiazole rings is 1. The molecule has 0 amide bonds. The number of nitrogens with zero attached hydrogens (tertiary/aromatic N) is 2. The Morgan fingerprint density at radius 3 is 2.81 bits per heavy atom. The third kappa shape index (κ3) is 2.61. The second-order valence-electron chi connectivity index (χ2n) is 4.60. The monoisotopic (exact) mass is 238 g/mol. The molecule has 1 aromatic heterocycles. The molecule has 0 aromatic carbocycles. The predicted octanol–water partition coefficient (Wildman–Crippen LogP) is 2.97. The first kappa shape index (κ1) is 11.6. The van der Waals surface area contributed by atoms with E-state index in [9.17, 15) is 4.79 Å². The summed E-state index contributed by atoms with van der Waals surface area (Å²) in [6.45, 7) is 2.64. The Morgan fingerprint density at radius 1 is 1.56 bits per heavy atom. The zero-order chi connectivity index (χ0) is 11.5. The van der Waals surface area contributed by atoms with Gasteiger partial charge in [-0.15, -0.1) is 11.3 Å². The van der Waals surface area contributed by atoms with Gasteiger partial charge in [-0.1, -0.05) is 12.8 Å². The first-order valence-electron chi connectivity index (χ1n) is 5.84. The minimum Gasteiger partial charge on any atom is -0.351 e. The van der Waals surface area contributed by atoms with E-state index >= 15 is 0 Å². The van der Waals surface area contributed by atoms with Crippen molar-refractivity contribution in [2.24, 2.45) is 5.92 Å². The molecule has 1 heterocycles. The van der Waals surface area contributed by atoms with Crippen LogP contribution in [-0.2, 0) is 0 Å². The van der Waals surface area contributed by atoms with Gasteiger partial charge in [0.25, 0.3) is 0 Å². The van der Waals surface area contributed by atoms with Crippen LogP contribution >= 0.6 is 11.3 Å². The fourth-order valence-electron chi connectivity index (χ4n) is 2.26. The number of hydrogen-bond acceptors (Lipinski definition) is 4. The van der Waals surface area contributed by atoms with Crippen molar-refractivity contribution >= 4 is 22.3 Å². The van der Waals surface area contributed by atoms with Gasteiger partial charge >= 0.3 is 0 Å². The Labute approximate surface area is 100 Å². The SMILES string of the molecule is CC(=O)c1csc(N(C)CC2CCCC2)n1. The van der Waals surface area contributed by atoms with Gasteiger partial charge in [0.2, 0.25) is 0 Å². The van der Waals surface area contributed by atoms with E-state index in [-0.39, 0.29) is 5.78 Å². The molecule has 88 valence electrons. The van der Waals surface area contributed by atoms with E-state index in [2.05, 4.69) is 16.9 Å². The Kier molecular flexibility index (Phi) is 3.59. The molecule has 0 N–H and O–H groups in total. The maximum absolute atomic E-state index is 11.2. The lowest BCUT2D eigenvalue weighted by molar-refractivity contribution is 0.101. The van der Waals surface area contributed by atoms with Gasteiger partial charge in [0.15, 0.2) is 10.9 Å². The van der Waals surface area contributed by atoms with Crippen LogP contribution in [0.3, 0.4) is 0 Å². The number of hydrogen-bond donors (Lipinski definition) is 0. The summed E-state index contributed by atoms with van der Waals surface area (Å²) in [6.07, 6.45) is 5.43. The van der Waals surface area contributed by atoms with Crippen LogP contribution in [0.2, 0.25) is 0 Å². The average Bonchev–Trinajstić information content (AvgIpc) is 2.86. The zero-order valence-corrected chi connectivity index (χ0v) is 10.7. The Bertz CT molecular complexity index is 369. The molecule has 2 rings (SSSR count). The summed E-state index contributed by atoms with van der Waals surface area (Å²) in [5.41, 5.74) is 0.596. The normalized spacial score (nSPS) is 16.6. The van der Waals surface area contributed by atoms with Gasteiger partial charge in [0.05, 0.1) is 0 Å². The Morgan fingerprint density at radius 2 is 2.25 bits per heavy atom. The molecule has 0 saturated heterocycles. The summed E-state index contributed by atoms with van der Waals surface area (Å²) in [5.74, 6) is 0.867. The highest BCUT2D eigenvalue weighted by atomic mass is 32.1. The van der Waals surface area contributed by atoms with Crippen LogP contribution in [-0.4, -0.2) is 24.4 Å². The summed E-state index contributed by atoms with van der Waals surface area (Å²) in [4.78, 5) is 17.7. The standard InChI is InChI=1S/C12H18N2OS/c1-9(15)11-8-16-12(13-11)14(2)7-10-5-3-4-6-10/h8,10H,3-7H2,1-2H3. The minimum absolute atomic E-state index is 0.0526. The number of rotatable bonds is 4. The second kappa shape index (κ2) is 4.95. The average molecular weight is 238 g/mol. The third-order valence-corrected chi connectivity index (χ3v) is 4.14. The van der Waals surface area contributed by atoms with Gasteiger partial charge in [-0.25, -0.2) is 4.98 Å². The fraction of sp³-hybridized carbons (Fsp3) is 0.667. The topological polar surface area (TPSA) is 33.2 Å². The highest BCUT2D eigenvalue weighted by molar-refractivity contribution is 7.13. The molecule has 0 spiro atoms. The Hall–Kier alpha value is -0.900. The van der Waals surface area contributed by atoms with Crippen molar-refractivity contribution in [1.82, 2.24) is 4.98 Å².